The highest BCUT2D eigenvalue weighted by atomic mass is 14.9. The first-order valence-corrected chi connectivity index (χ1v) is 9.48. The lowest BCUT2D eigenvalue weighted by molar-refractivity contribution is 0.567. The molecule has 130 valence electrons. The van der Waals surface area contributed by atoms with Crippen molar-refractivity contribution in [3.8, 4) is 0 Å². The molecule has 1 aliphatic heterocycles. The van der Waals surface area contributed by atoms with Crippen molar-refractivity contribution in [2.45, 2.75) is 25.9 Å². The topological polar surface area (TPSA) is 36.1 Å². The molecule has 2 bridgehead atoms. The van der Waals surface area contributed by atoms with Crippen molar-refractivity contribution < 1.29 is 0 Å². The van der Waals surface area contributed by atoms with E-state index < -0.39 is 0 Å². The van der Waals surface area contributed by atoms with Crippen LogP contribution in [-0.4, -0.2) is 26.2 Å². The van der Waals surface area contributed by atoms with E-state index in [9.17, 15) is 0 Å². The third kappa shape index (κ3) is 3.54. The van der Waals surface area contributed by atoms with Crippen LogP contribution in [0.25, 0.3) is 21.5 Å². The molecule has 3 aromatic rings. The lowest BCUT2D eigenvalue weighted by Gasteiger charge is -2.17. The van der Waals surface area contributed by atoms with E-state index >= 15 is 0 Å². The first-order chi connectivity index (χ1) is 12.4. The highest BCUT2D eigenvalue weighted by Crippen LogP contribution is 2.33. The molecule has 0 spiro atoms. The summed E-state index contributed by atoms with van der Waals surface area (Å²) in [4.78, 5) is 0. The third-order valence-electron chi connectivity index (χ3n) is 5.17. The molecule has 0 unspecified atom stereocenters. The van der Waals surface area contributed by atoms with Gasteiger partial charge in [0, 0.05) is 13.1 Å². The van der Waals surface area contributed by atoms with Crippen molar-refractivity contribution in [2.24, 2.45) is 0 Å². The van der Waals surface area contributed by atoms with Gasteiger partial charge in [-0.1, -0.05) is 48.5 Å². The van der Waals surface area contributed by atoms with Gasteiger partial charge in [0.2, 0.25) is 0 Å². The van der Waals surface area contributed by atoms with E-state index in [1.54, 1.807) is 0 Å². The van der Waals surface area contributed by atoms with Crippen molar-refractivity contribution in [3.63, 3.8) is 0 Å². The van der Waals surface area contributed by atoms with Crippen molar-refractivity contribution in [2.75, 3.05) is 26.2 Å². The Morgan fingerprint density at radius 3 is 1.24 bits per heavy atom. The fourth-order valence-electron chi connectivity index (χ4n) is 3.92. The highest BCUT2D eigenvalue weighted by Gasteiger charge is 2.13. The first kappa shape index (κ1) is 16.5. The van der Waals surface area contributed by atoms with Crippen LogP contribution in [0.3, 0.4) is 0 Å². The van der Waals surface area contributed by atoms with Crippen LogP contribution in [0, 0.1) is 0 Å². The van der Waals surface area contributed by atoms with Gasteiger partial charge in [0.1, 0.15) is 0 Å². The largest absolute Gasteiger partial charge is 0.317 e. The fraction of sp³-hybridized carbons (Fsp3) is 0.364. The molecule has 1 aliphatic rings. The predicted octanol–water partition coefficient (Wildman–Crippen LogP) is 3.56. The first-order valence-electron chi connectivity index (χ1n) is 9.48. The third-order valence-corrected chi connectivity index (χ3v) is 5.17. The minimum atomic E-state index is 0.925. The standard InChI is InChI=1S/C22H27N3/c1-2-8-18-17(7-1)21-15-24-13-5-11-23-12-6-14-25-16-22(18)20-10-4-3-9-19(20)21/h1-4,7-10,23-25H,5-6,11-16H2. The van der Waals surface area contributed by atoms with Crippen LogP contribution >= 0.6 is 0 Å². The lowest BCUT2D eigenvalue weighted by Crippen LogP contribution is -2.24. The van der Waals surface area contributed by atoms with Crippen molar-refractivity contribution in [3.05, 3.63) is 59.7 Å². The Kier molecular flexibility index (Phi) is 5.26. The Balaban J connectivity index is 1.86. The second-order valence-electron chi connectivity index (χ2n) is 6.86. The van der Waals surface area contributed by atoms with E-state index in [0.717, 1.165) is 39.3 Å². The van der Waals surface area contributed by atoms with Crippen LogP contribution in [0.5, 0.6) is 0 Å². The van der Waals surface area contributed by atoms with Crippen molar-refractivity contribution >= 4 is 21.5 Å². The number of rotatable bonds is 0. The van der Waals surface area contributed by atoms with Crippen LogP contribution < -0.4 is 16.0 Å². The summed E-state index contributed by atoms with van der Waals surface area (Å²) in [5.74, 6) is 0. The zero-order chi connectivity index (χ0) is 16.9. The van der Waals surface area contributed by atoms with Crippen molar-refractivity contribution in [1.29, 1.82) is 0 Å². The Morgan fingerprint density at radius 1 is 0.480 bits per heavy atom. The maximum absolute atomic E-state index is 3.66. The number of benzene rings is 3. The normalized spacial score (nSPS) is 17.4. The van der Waals surface area contributed by atoms with Crippen LogP contribution in [-0.2, 0) is 13.1 Å². The van der Waals surface area contributed by atoms with E-state index in [2.05, 4.69) is 64.5 Å². The number of hydrogen-bond donors (Lipinski definition) is 3. The molecule has 3 aromatic carbocycles. The van der Waals surface area contributed by atoms with E-state index in [4.69, 9.17) is 0 Å². The second-order valence-corrected chi connectivity index (χ2v) is 6.86. The number of fused-ring (bicyclic) bond motifs is 3. The van der Waals surface area contributed by atoms with Crippen molar-refractivity contribution in [1.82, 2.24) is 16.0 Å². The van der Waals surface area contributed by atoms with Gasteiger partial charge in [0.05, 0.1) is 0 Å². The molecular weight excluding hydrogens is 306 g/mol. The van der Waals surface area contributed by atoms with E-state index in [1.807, 2.05) is 0 Å². The minimum absolute atomic E-state index is 0.925. The molecule has 0 saturated carbocycles. The summed E-state index contributed by atoms with van der Waals surface area (Å²) < 4.78 is 0. The monoisotopic (exact) mass is 333 g/mol. The summed E-state index contributed by atoms with van der Waals surface area (Å²) in [5, 5.41) is 16.4. The summed E-state index contributed by atoms with van der Waals surface area (Å²) in [5.41, 5.74) is 2.86. The maximum atomic E-state index is 3.66. The molecule has 3 heteroatoms. The Morgan fingerprint density at radius 2 is 0.840 bits per heavy atom. The molecule has 4 rings (SSSR count). The Hall–Kier alpha value is -1.94. The number of nitrogens with one attached hydrogen (secondary N) is 3. The molecule has 0 aromatic heterocycles. The van der Waals surface area contributed by atoms with E-state index in [1.165, 1.54) is 45.5 Å². The van der Waals surface area contributed by atoms with Gasteiger partial charge in [-0.3, -0.25) is 0 Å². The molecule has 0 atom stereocenters. The molecular formula is C22H27N3. The molecule has 3 nitrogen and oxygen atoms in total. The smallest absolute Gasteiger partial charge is 0.0217 e. The van der Waals surface area contributed by atoms with Gasteiger partial charge in [-0.2, -0.15) is 0 Å². The molecule has 25 heavy (non-hydrogen) atoms. The Labute approximate surface area is 149 Å². The maximum Gasteiger partial charge on any atom is 0.0217 e. The van der Waals surface area contributed by atoms with E-state index in [-0.39, 0.29) is 0 Å². The van der Waals surface area contributed by atoms with Crippen LogP contribution in [0.4, 0.5) is 0 Å². The average Bonchev–Trinajstić information content (AvgIpc) is 2.67. The highest BCUT2D eigenvalue weighted by molar-refractivity contribution is 6.05. The summed E-state index contributed by atoms with van der Waals surface area (Å²) in [6.07, 6.45) is 2.34. The minimum Gasteiger partial charge on any atom is -0.317 e. The average molecular weight is 333 g/mol. The summed E-state index contributed by atoms with van der Waals surface area (Å²) in [6, 6.07) is 17.8. The zero-order valence-electron chi connectivity index (χ0n) is 14.8. The lowest BCUT2D eigenvalue weighted by atomic mass is 9.91. The predicted molar refractivity (Wildman–Crippen MR) is 107 cm³/mol. The quantitative estimate of drug-likeness (QED) is 0.551. The molecule has 0 aliphatic carbocycles. The van der Waals surface area contributed by atoms with Gasteiger partial charge in [-0.05, 0) is 71.7 Å². The Bertz CT molecular complexity index is 729. The van der Waals surface area contributed by atoms with E-state index in [0.29, 0.717) is 0 Å². The van der Waals surface area contributed by atoms with Crippen LogP contribution in [0.2, 0.25) is 0 Å². The van der Waals surface area contributed by atoms with Crippen LogP contribution in [0.1, 0.15) is 24.0 Å². The summed E-state index contributed by atoms with van der Waals surface area (Å²) in [6.45, 7) is 6.13. The van der Waals surface area contributed by atoms with Gasteiger partial charge in [0.25, 0.3) is 0 Å². The van der Waals surface area contributed by atoms with Crippen LogP contribution in [0.15, 0.2) is 48.5 Å². The van der Waals surface area contributed by atoms with Gasteiger partial charge in [0.15, 0.2) is 0 Å². The number of hydrogen-bond acceptors (Lipinski definition) is 3. The molecule has 0 amide bonds. The zero-order valence-corrected chi connectivity index (χ0v) is 14.8. The molecule has 0 radical (unpaired) electrons. The molecule has 0 fully saturated rings. The van der Waals surface area contributed by atoms with Gasteiger partial charge in [-0.25, -0.2) is 0 Å². The van der Waals surface area contributed by atoms with Gasteiger partial charge < -0.3 is 16.0 Å². The molecule has 1 heterocycles. The van der Waals surface area contributed by atoms with Gasteiger partial charge in [-0.15, -0.1) is 0 Å². The summed E-state index contributed by atoms with van der Waals surface area (Å²) in [7, 11) is 0. The SMILES string of the molecule is c1ccc2c3c4ccccc4c(c2c1)CNCCCNCCCNC3. The second kappa shape index (κ2) is 7.96. The fourth-order valence-corrected chi connectivity index (χ4v) is 3.92. The van der Waals surface area contributed by atoms with Gasteiger partial charge >= 0.3 is 0 Å². The summed E-state index contributed by atoms with van der Waals surface area (Å²) >= 11 is 0. The molecule has 3 N–H and O–H groups in total. The molecule has 0 saturated heterocycles.